The third-order valence-electron chi connectivity index (χ3n) is 3.45. The number of hydrogen-bond acceptors (Lipinski definition) is 3. The van der Waals surface area contributed by atoms with Crippen molar-refractivity contribution in [1.29, 1.82) is 0 Å². The Labute approximate surface area is 135 Å². The summed E-state index contributed by atoms with van der Waals surface area (Å²) in [4.78, 5) is 25.3. The van der Waals surface area contributed by atoms with Crippen LogP contribution in [0, 0.1) is 0 Å². The van der Waals surface area contributed by atoms with E-state index in [1.165, 1.54) is 0 Å². The van der Waals surface area contributed by atoms with Crippen LogP contribution >= 0.6 is 0 Å². The van der Waals surface area contributed by atoms with Crippen LogP contribution in [0.1, 0.15) is 24.2 Å². The van der Waals surface area contributed by atoms with Crippen molar-refractivity contribution in [3.8, 4) is 5.75 Å². The summed E-state index contributed by atoms with van der Waals surface area (Å²) in [6, 6.07) is 15.9. The predicted molar refractivity (Wildman–Crippen MR) is 89.5 cm³/mol. The second-order valence-corrected chi connectivity index (χ2v) is 5.07. The number of rotatable bonds is 6. The third kappa shape index (κ3) is 4.10. The first-order chi connectivity index (χ1) is 11.0. The molecule has 0 aliphatic heterocycles. The van der Waals surface area contributed by atoms with E-state index in [0.29, 0.717) is 17.9 Å². The number of primary amides is 1. The SMILES string of the molecule is CCN(C(=O)[C@H](C)Oc1ccc(C(N)=O)cc1)c1ccccc1. The Morgan fingerprint density at radius 1 is 1.09 bits per heavy atom. The molecule has 0 fully saturated rings. The molecule has 2 aromatic rings. The summed E-state index contributed by atoms with van der Waals surface area (Å²) >= 11 is 0. The van der Waals surface area contributed by atoms with Crippen molar-refractivity contribution >= 4 is 17.5 Å². The van der Waals surface area contributed by atoms with Gasteiger partial charge >= 0.3 is 0 Å². The standard InChI is InChI=1S/C18H20N2O3/c1-3-20(15-7-5-4-6-8-15)18(22)13(2)23-16-11-9-14(10-12-16)17(19)21/h4-13H,3H2,1-2H3,(H2,19,21)/t13-/m0/s1. The lowest BCUT2D eigenvalue weighted by molar-refractivity contribution is -0.124. The van der Waals surface area contributed by atoms with E-state index in [0.717, 1.165) is 5.69 Å². The van der Waals surface area contributed by atoms with E-state index >= 15 is 0 Å². The average Bonchev–Trinajstić information content (AvgIpc) is 2.57. The predicted octanol–water partition coefficient (Wildman–Crippen LogP) is 2.61. The van der Waals surface area contributed by atoms with Crippen LogP contribution in [0.5, 0.6) is 5.75 Å². The Kier molecular flexibility index (Phi) is 5.36. The van der Waals surface area contributed by atoms with Gasteiger partial charge in [-0.1, -0.05) is 18.2 Å². The van der Waals surface area contributed by atoms with Crippen molar-refractivity contribution in [2.75, 3.05) is 11.4 Å². The summed E-state index contributed by atoms with van der Waals surface area (Å²) in [5.74, 6) is -0.112. The molecular weight excluding hydrogens is 292 g/mol. The third-order valence-corrected chi connectivity index (χ3v) is 3.45. The molecule has 0 bridgehead atoms. The van der Waals surface area contributed by atoms with Crippen molar-refractivity contribution in [3.05, 3.63) is 60.2 Å². The maximum absolute atomic E-state index is 12.6. The number of carbonyl (C=O) groups excluding carboxylic acids is 2. The number of nitrogens with zero attached hydrogens (tertiary/aromatic N) is 1. The number of ether oxygens (including phenoxy) is 1. The fraction of sp³-hybridized carbons (Fsp3) is 0.222. The maximum Gasteiger partial charge on any atom is 0.267 e. The van der Waals surface area contributed by atoms with Crippen molar-refractivity contribution in [3.63, 3.8) is 0 Å². The zero-order valence-electron chi connectivity index (χ0n) is 13.2. The molecule has 0 aromatic heterocycles. The van der Waals surface area contributed by atoms with Crippen LogP contribution in [0.3, 0.4) is 0 Å². The Balaban J connectivity index is 2.08. The molecule has 120 valence electrons. The van der Waals surface area contributed by atoms with E-state index in [1.54, 1.807) is 36.1 Å². The van der Waals surface area contributed by atoms with Crippen molar-refractivity contribution in [1.82, 2.24) is 0 Å². The lowest BCUT2D eigenvalue weighted by Crippen LogP contribution is -2.40. The number of carbonyl (C=O) groups is 2. The second-order valence-electron chi connectivity index (χ2n) is 5.07. The van der Waals surface area contributed by atoms with E-state index < -0.39 is 12.0 Å². The minimum Gasteiger partial charge on any atom is -0.481 e. The highest BCUT2D eigenvalue weighted by atomic mass is 16.5. The van der Waals surface area contributed by atoms with Gasteiger partial charge in [0, 0.05) is 17.8 Å². The van der Waals surface area contributed by atoms with Crippen LogP contribution in [0.15, 0.2) is 54.6 Å². The van der Waals surface area contributed by atoms with E-state index in [-0.39, 0.29) is 5.91 Å². The molecule has 1 atom stereocenters. The van der Waals surface area contributed by atoms with Crippen LogP contribution < -0.4 is 15.4 Å². The number of para-hydroxylation sites is 1. The quantitative estimate of drug-likeness (QED) is 0.891. The first-order valence-electron chi connectivity index (χ1n) is 7.46. The topological polar surface area (TPSA) is 72.6 Å². The summed E-state index contributed by atoms with van der Waals surface area (Å²) in [5.41, 5.74) is 6.43. The largest absolute Gasteiger partial charge is 0.481 e. The Morgan fingerprint density at radius 2 is 1.70 bits per heavy atom. The van der Waals surface area contributed by atoms with Gasteiger partial charge in [0.2, 0.25) is 5.91 Å². The molecule has 5 heteroatoms. The van der Waals surface area contributed by atoms with Gasteiger partial charge in [-0.3, -0.25) is 9.59 Å². The second kappa shape index (κ2) is 7.45. The molecule has 5 nitrogen and oxygen atoms in total. The fourth-order valence-electron chi connectivity index (χ4n) is 2.25. The minimum absolute atomic E-state index is 0.127. The van der Waals surface area contributed by atoms with Gasteiger partial charge in [0.25, 0.3) is 5.91 Å². The number of hydrogen-bond donors (Lipinski definition) is 1. The molecule has 0 heterocycles. The first kappa shape index (κ1) is 16.5. The molecule has 0 spiro atoms. The maximum atomic E-state index is 12.6. The van der Waals surface area contributed by atoms with Gasteiger partial charge in [0.1, 0.15) is 5.75 Å². The number of likely N-dealkylation sites (N-methyl/N-ethyl adjacent to an activating group) is 1. The fourth-order valence-corrected chi connectivity index (χ4v) is 2.25. The lowest BCUT2D eigenvalue weighted by Gasteiger charge is -2.25. The summed E-state index contributed by atoms with van der Waals surface area (Å²) in [7, 11) is 0. The van der Waals surface area contributed by atoms with Crippen LogP contribution in [0.25, 0.3) is 0 Å². The molecule has 2 N–H and O–H groups in total. The number of benzene rings is 2. The van der Waals surface area contributed by atoms with Gasteiger partial charge in [-0.2, -0.15) is 0 Å². The van der Waals surface area contributed by atoms with Crippen molar-refractivity contribution < 1.29 is 14.3 Å². The van der Waals surface area contributed by atoms with Gasteiger partial charge in [0.05, 0.1) is 0 Å². The molecule has 2 amide bonds. The normalized spacial score (nSPS) is 11.6. The minimum atomic E-state index is -0.644. The first-order valence-corrected chi connectivity index (χ1v) is 7.46. The van der Waals surface area contributed by atoms with Crippen molar-refractivity contribution in [2.24, 2.45) is 5.73 Å². The van der Waals surface area contributed by atoms with E-state index in [9.17, 15) is 9.59 Å². The molecule has 0 unspecified atom stereocenters. The average molecular weight is 312 g/mol. The number of nitrogens with two attached hydrogens (primary N) is 1. The Bertz CT molecular complexity index is 668. The van der Waals surface area contributed by atoms with Gasteiger partial charge in [0.15, 0.2) is 6.10 Å². The van der Waals surface area contributed by atoms with E-state index in [4.69, 9.17) is 10.5 Å². The molecule has 0 saturated heterocycles. The summed E-state index contributed by atoms with van der Waals surface area (Å²) in [6.45, 7) is 4.17. The van der Waals surface area contributed by atoms with Gasteiger partial charge in [-0.25, -0.2) is 0 Å². The van der Waals surface area contributed by atoms with Crippen LogP contribution in [-0.4, -0.2) is 24.5 Å². The molecule has 0 saturated carbocycles. The van der Waals surface area contributed by atoms with Gasteiger partial charge < -0.3 is 15.4 Å². The highest BCUT2D eigenvalue weighted by Gasteiger charge is 2.22. The summed E-state index contributed by atoms with van der Waals surface area (Å²) in [5, 5.41) is 0. The number of anilines is 1. The molecular formula is C18H20N2O3. The molecule has 2 aromatic carbocycles. The summed E-state index contributed by atoms with van der Waals surface area (Å²) < 4.78 is 5.67. The monoisotopic (exact) mass is 312 g/mol. The van der Waals surface area contributed by atoms with E-state index in [1.807, 2.05) is 37.3 Å². The Hall–Kier alpha value is -2.82. The van der Waals surface area contributed by atoms with Crippen LogP contribution in [0.2, 0.25) is 0 Å². The van der Waals surface area contributed by atoms with Crippen molar-refractivity contribution in [2.45, 2.75) is 20.0 Å². The Morgan fingerprint density at radius 3 is 2.22 bits per heavy atom. The van der Waals surface area contributed by atoms with Crippen LogP contribution in [-0.2, 0) is 4.79 Å². The molecule has 2 rings (SSSR count). The van der Waals surface area contributed by atoms with Gasteiger partial charge in [-0.05, 0) is 50.2 Å². The highest BCUT2D eigenvalue weighted by molar-refractivity contribution is 5.96. The molecule has 0 aliphatic carbocycles. The zero-order chi connectivity index (χ0) is 16.8. The number of amides is 2. The zero-order valence-corrected chi connectivity index (χ0v) is 13.2. The lowest BCUT2D eigenvalue weighted by atomic mass is 10.2. The highest BCUT2D eigenvalue weighted by Crippen LogP contribution is 2.18. The molecule has 0 aliphatic rings. The molecule has 0 radical (unpaired) electrons. The van der Waals surface area contributed by atoms with Gasteiger partial charge in [-0.15, -0.1) is 0 Å². The van der Waals surface area contributed by atoms with Crippen LogP contribution in [0.4, 0.5) is 5.69 Å². The van der Waals surface area contributed by atoms with E-state index in [2.05, 4.69) is 0 Å². The molecule has 23 heavy (non-hydrogen) atoms. The smallest absolute Gasteiger partial charge is 0.267 e. The summed E-state index contributed by atoms with van der Waals surface area (Å²) in [6.07, 6.45) is -0.644.